The third-order valence-electron chi connectivity index (χ3n) is 17.9. The molecule has 19 nitrogen and oxygen atoms in total. The van der Waals surface area contributed by atoms with E-state index in [1.165, 1.54) is 205 Å². The van der Waals surface area contributed by atoms with Gasteiger partial charge in [-0.3, -0.25) is 4.79 Å². The zero-order valence-corrected chi connectivity index (χ0v) is 53.1. The Balaban J connectivity index is 1.43. The zero-order chi connectivity index (χ0) is 61.9. The van der Waals surface area contributed by atoms with Crippen LogP contribution in [0.25, 0.3) is 0 Å². The second-order valence-corrected chi connectivity index (χ2v) is 25.4. The van der Waals surface area contributed by atoms with E-state index in [1.807, 2.05) is 0 Å². The van der Waals surface area contributed by atoms with Gasteiger partial charge in [0.1, 0.15) is 73.2 Å². The van der Waals surface area contributed by atoms with Gasteiger partial charge in [0.2, 0.25) is 5.91 Å². The van der Waals surface area contributed by atoms with E-state index in [1.54, 1.807) is 0 Å². The number of aliphatic hydroxyl groups excluding tert-OH is 11. The molecule has 0 saturated carbocycles. The van der Waals surface area contributed by atoms with Crippen molar-refractivity contribution >= 4 is 5.91 Å². The maximum absolute atomic E-state index is 13.4. The number of nitrogens with one attached hydrogen (secondary N) is 1. The van der Waals surface area contributed by atoms with E-state index in [-0.39, 0.29) is 18.9 Å². The van der Waals surface area contributed by atoms with Crippen LogP contribution in [0.2, 0.25) is 0 Å². The van der Waals surface area contributed by atoms with Crippen molar-refractivity contribution in [3.05, 3.63) is 0 Å². The monoisotopic (exact) mass is 1220 g/mol. The number of ether oxygens (including phenoxy) is 6. The minimum absolute atomic E-state index is 0.235. The molecule has 3 rings (SSSR count). The molecular weight excluding hydrogens is 1090 g/mol. The lowest BCUT2D eigenvalue weighted by atomic mass is 9.96. The van der Waals surface area contributed by atoms with Crippen LogP contribution in [-0.4, -0.2) is 193 Å². The Hall–Kier alpha value is -1.21. The van der Waals surface area contributed by atoms with E-state index >= 15 is 0 Å². The predicted molar refractivity (Wildman–Crippen MR) is 328 cm³/mol. The van der Waals surface area contributed by atoms with Crippen molar-refractivity contribution in [1.29, 1.82) is 0 Å². The van der Waals surface area contributed by atoms with Crippen LogP contribution in [0.5, 0.6) is 0 Å². The summed E-state index contributed by atoms with van der Waals surface area (Å²) in [6.07, 6.45) is 24.6. The van der Waals surface area contributed by atoms with Crippen LogP contribution in [0.15, 0.2) is 0 Å². The van der Waals surface area contributed by atoms with Crippen molar-refractivity contribution in [1.82, 2.24) is 5.32 Å². The van der Waals surface area contributed by atoms with E-state index in [2.05, 4.69) is 19.2 Å². The first kappa shape index (κ1) is 78.0. The molecule has 0 bridgehead atoms. The Morgan fingerprint density at radius 1 is 0.376 bits per heavy atom. The quantitative estimate of drug-likeness (QED) is 0.0253. The van der Waals surface area contributed by atoms with Crippen molar-refractivity contribution in [2.75, 3.05) is 26.4 Å². The van der Waals surface area contributed by atoms with E-state index in [0.717, 1.165) is 44.9 Å². The molecule has 85 heavy (non-hydrogen) atoms. The summed E-state index contributed by atoms with van der Waals surface area (Å²) in [5, 5.41) is 121. The van der Waals surface area contributed by atoms with Gasteiger partial charge in [-0.15, -0.1) is 0 Å². The van der Waals surface area contributed by atoms with Crippen molar-refractivity contribution in [3.63, 3.8) is 0 Å². The van der Waals surface area contributed by atoms with Gasteiger partial charge >= 0.3 is 0 Å². The Morgan fingerprint density at radius 3 is 1.02 bits per heavy atom. The smallest absolute Gasteiger partial charge is 0.220 e. The number of aliphatic hydroxyl groups is 11. The summed E-state index contributed by atoms with van der Waals surface area (Å²) in [5.41, 5.74) is 0. The van der Waals surface area contributed by atoms with E-state index in [0.29, 0.717) is 12.8 Å². The van der Waals surface area contributed by atoms with Crippen molar-refractivity contribution in [2.45, 2.75) is 388 Å². The summed E-state index contributed by atoms with van der Waals surface area (Å²) < 4.78 is 34.4. The van der Waals surface area contributed by atoms with Gasteiger partial charge in [0, 0.05) is 6.42 Å². The number of carbonyl (C=O) groups excluding carboxylic acids is 1. The van der Waals surface area contributed by atoms with Gasteiger partial charge in [-0.05, 0) is 12.8 Å². The maximum atomic E-state index is 13.4. The van der Waals surface area contributed by atoms with Crippen LogP contribution in [-0.2, 0) is 33.2 Å². The van der Waals surface area contributed by atoms with Crippen LogP contribution in [0.1, 0.15) is 284 Å². The molecule has 19 heteroatoms. The summed E-state index contributed by atoms with van der Waals surface area (Å²) in [5.74, 6) is -0.235. The summed E-state index contributed by atoms with van der Waals surface area (Å²) in [4.78, 5) is 13.4. The molecule has 0 aromatic carbocycles. The average molecular weight is 1220 g/mol. The molecule has 3 fully saturated rings. The molecule has 3 heterocycles. The summed E-state index contributed by atoms with van der Waals surface area (Å²) in [7, 11) is 0. The number of amides is 1. The average Bonchev–Trinajstić information content (AvgIpc) is 3.10. The highest BCUT2D eigenvalue weighted by atomic mass is 16.8. The summed E-state index contributed by atoms with van der Waals surface area (Å²) >= 11 is 0. The summed E-state index contributed by atoms with van der Waals surface area (Å²) in [6.45, 7) is 1.84. The molecule has 0 radical (unpaired) electrons. The second kappa shape index (κ2) is 49.5. The van der Waals surface area contributed by atoms with Gasteiger partial charge in [-0.25, -0.2) is 0 Å². The van der Waals surface area contributed by atoms with E-state index in [9.17, 15) is 61.0 Å². The van der Waals surface area contributed by atoms with Crippen molar-refractivity contribution < 1.29 is 89.4 Å². The first-order chi connectivity index (χ1) is 41.3. The Kier molecular flexibility index (Phi) is 45.4. The SMILES string of the molecule is CCCCCCCCCCCCCCCCCCCCCCCCC(=O)NC(COC1OC(CO)C(OC2OC(CO)C(OC3OC(CO)C(O)C(O)C3O)C(O)C2O)C(O)C1O)C(O)CCCCCCCCCCCCCCCCCCCC. The van der Waals surface area contributed by atoms with E-state index in [4.69, 9.17) is 28.4 Å². The third kappa shape index (κ3) is 32.1. The van der Waals surface area contributed by atoms with E-state index < -0.39 is 124 Å². The number of hydrogen-bond donors (Lipinski definition) is 12. The molecular formula is C66H127NO18. The van der Waals surface area contributed by atoms with Crippen LogP contribution in [0.3, 0.4) is 0 Å². The predicted octanol–water partition coefficient (Wildman–Crippen LogP) is 8.72. The fourth-order valence-electron chi connectivity index (χ4n) is 12.3. The molecule has 504 valence electrons. The molecule has 0 aliphatic carbocycles. The van der Waals surface area contributed by atoms with Crippen LogP contribution >= 0.6 is 0 Å². The highest BCUT2D eigenvalue weighted by Gasteiger charge is 2.53. The molecule has 17 unspecified atom stereocenters. The lowest BCUT2D eigenvalue weighted by molar-refractivity contribution is -0.379. The molecule has 17 atom stereocenters. The number of hydrogen-bond acceptors (Lipinski definition) is 18. The zero-order valence-electron chi connectivity index (χ0n) is 53.1. The highest BCUT2D eigenvalue weighted by molar-refractivity contribution is 5.76. The van der Waals surface area contributed by atoms with Gasteiger partial charge in [-0.1, -0.05) is 264 Å². The molecule has 1 amide bonds. The molecule has 3 aliphatic rings. The van der Waals surface area contributed by atoms with Crippen molar-refractivity contribution in [2.24, 2.45) is 0 Å². The molecule has 0 spiro atoms. The van der Waals surface area contributed by atoms with Crippen molar-refractivity contribution in [3.8, 4) is 0 Å². The fraction of sp³-hybridized carbons (Fsp3) is 0.985. The van der Waals surface area contributed by atoms with Gasteiger partial charge in [0.25, 0.3) is 0 Å². The Labute approximate surface area is 513 Å². The Bertz CT molecular complexity index is 1550. The van der Waals surface area contributed by atoms with Gasteiger partial charge in [0.15, 0.2) is 18.9 Å². The largest absolute Gasteiger partial charge is 0.394 e. The van der Waals surface area contributed by atoms with Crippen LogP contribution < -0.4 is 5.32 Å². The summed E-state index contributed by atoms with van der Waals surface area (Å²) in [6, 6.07) is -0.881. The molecule has 0 aromatic heterocycles. The highest BCUT2D eigenvalue weighted by Crippen LogP contribution is 2.33. The van der Waals surface area contributed by atoms with Crippen LogP contribution in [0, 0.1) is 0 Å². The molecule has 0 aromatic rings. The minimum Gasteiger partial charge on any atom is -0.394 e. The topological polar surface area (TPSA) is 307 Å². The maximum Gasteiger partial charge on any atom is 0.220 e. The van der Waals surface area contributed by atoms with Crippen LogP contribution in [0.4, 0.5) is 0 Å². The molecule has 3 aliphatic heterocycles. The number of rotatable bonds is 54. The number of carbonyl (C=O) groups is 1. The lowest BCUT2D eigenvalue weighted by Crippen LogP contribution is -2.66. The first-order valence-electron chi connectivity index (χ1n) is 34.8. The molecule has 3 saturated heterocycles. The fourth-order valence-corrected chi connectivity index (χ4v) is 12.3. The normalized spacial score (nSPS) is 28.9. The number of unbranched alkanes of at least 4 members (excludes halogenated alkanes) is 38. The second-order valence-electron chi connectivity index (χ2n) is 25.4. The van der Waals surface area contributed by atoms with Gasteiger partial charge in [-0.2, -0.15) is 0 Å². The van der Waals surface area contributed by atoms with Gasteiger partial charge < -0.3 is 89.9 Å². The minimum atomic E-state index is -1.97. The Morgan fingerprint density at radius 2 is 0.671 bits per heavy atom. The third-order valence-corrected chi connectivity index (χ3v) is 17.9. The standard InChI is InChI=1S/C66H127NO18/c1-3-5-7-9-11-13-15-17-19-21-23-24-25-26-28-30-32-34-36-38-40-42-44-54(72)67-49(50(71)43-41-39-37-35-33-31-29-27-22-20-18-16-14-12-10-8-6-4-2)48-80-64-60(78)57(75)62(52(46-69)82-64)85-66-61(79)58(76)63(53(47-70)83-66)84-65-59(77)56(74)55(73)51(45-68)81-65/h49-53,55-66,68-71,73-79H,3-48H2,1-2H3,(H,67,72). The first-order valence-corrected chi connectivity index (χ1v) is 34.8. The molecule has 12 N–H and O–H groups in total. The van der Waals surface area contributed by atoms with Gasteiger partial charge in [0.05, 0.1) is 38.6 Å². The lowest BCUT2D eigenvalue weighted by Gasteiger charge is -2.48.